The lowest BCUT2D eigenvalue weighted by molar-refractivity contribution is 0.276. The number of hydrogen-bond acceptors (Lipinski definition) is 5. The standard InChI is InChI=1S/C10H18N2O2S/c1-4-9(7-15-3)12(2)10-11-8(5-13)6-14-10/h6,9,13H,4-5,7H2,1-3H3. The number of anilines is 1. The van der Waals surface area contributed by atoms with Crippen LogP contribution in [0.5, 0.6) is 0 Å². The maximum atomic E-state index is 8.89. The number of oxazole rings is 1. The van der Waals surface area contributed by atoms with Crippen molar-refractivity contribution < 1.29 is 9.52 Å². The molecule has 1 N–H and O–H groups in total. The van der Waals surface area contributed by atoms with Gasteiger partial charge in [-0.05, 0) is 12.7 Å². The summed E-state index contributed by atoms with van der Waals surface area (Å²) < 4.78 is 5.29. The third-order valence-electron chi connectivity index (χ3n) is 2.38. The summed E-state index contributed by atoms with van der Waals surface area (Å²) >= 11 is 1.81. The van der Waals surface area contributed by atoms with Gasteiger partial charge in [0.05, 0.1) is 6.61 Å². The minimum Gasteiger partial charge on any atom is -0.432 e. The van der Waals surface area contributed by atoms with E-state index < -0.39 is 0 Å². The quantitative estimate of drug-likeness (QED) is 0.806. The van der Waals surface area contributed by atoms with E-state index in [0.717, 1.165) is 12.2 Å². The van der Waals surface area contributed by atoms with Crippen LogP contribution in [0.3, 0.4) is 0 Å². The van der Waals surface area contributed by atoms with E-state index in [9.17, 15) is 0 Å². The number of aliphatic hydroxyl groups excluding tert-OH is 1. The summed E-state index contributed by atoms with van der Waals surface area (Å²) in [5.74, 6) is 1.05. The van der Waals surface area contributed by atoms with Crippen molar-refractivity contribution in [3.63, 3.8) is 0 Å². The molecule has 0 radical (unpaired) electrons. The van der Waals surface area contributed by atoms with E-state index in [1.54, 1.807) is 0 Å². The number of aromatic nitrogens is 1. The van der Waals surface area contributed by atoms with Crippen LogP contribution >= 0.6 is 11.8 Å². The van der Waals surface area contributed by atoms with Gasteiger partial charge in [-0.3, -0.25) is 0 Å². The topological polar surface area (TPSA) is 49.5 Å². The summed E-state index contributed by atoms with van der Waals surface area (Å²) in [7, 11) is 1.97. The van der Waals surface area contributed by atoms with Gasteiger partial charge in [0.2, 0.25) is 0 Å². The van der Waals surface area contributed by atoms with E-state index in [1.807, 2.05) is 23.7 Å². The van der Waals surface area contributed by atoms with Crippen LogP contribution in [0.15, 0.2) is 10.7 Å². The fourth-order valence-electron chi connectivity index (χ4n) is 1.38. The number of thioether (sulfide) groups is 1. The minimum atomic E-state index is -0.0728. The van der Waals surface area contributed by atoms with Crippen molar-refractivity contribution in [3.05, 3.63) is 12.0 Å². The number of hydrogen-bond donors (Lipinski definition) is 1. The molecule has 0 saturated carbocycles. The van der Waals surface area contributed by atoms with Gasteiger partial charge in [0.25, 0.3) is 6.01 Å². The maximum Gasteiger partial charge on any atom is 0.297 e. The Morgan fingerprint density at radius 1 is 1.67 bits per heavy atom. The molecule has 86 valence electrons. The van der Waals surface area contributed by atoms with Gasteiger partial charge in [0.1, 0.15) is 12.0 Å². The molecule has 0 bridgehead atoms. The third kappa shape index (κ3) is 3.14. The molecule has 1 unspecified atom stereocenters. The molecule has 1 atom stereocenters. The second-order valence-electron chi connectivity index (χ2n) is 3.41. The van der Waals surface area contributed by atoms with Gasteiger partial charge in [-0.15, -0.1) is 0 Å². The van der Waals surface area contributed by atoms with Crippen LogP contribution in [0.4, 0.5) is 6.01 Å². The molecule has 0 saturated heterocycles. The first-order valence-electron chi connectivity index (χ1n) is 5.00. The van der Waals surface area contributed by atoms with Gasteiger partial charge in [-0.2, -0.15) is 16.7 Å². The van der Waals surface area contributed by atoms with Crippen molar-refractivity contribution >= 4 is 17.8 Å². The summed E-state index contributed by atoms with van der Waals surface area (Å²) in [6, 6.07) is 1.00. The van der Waals surface area contributed by atoms with Crippen LogP contribution in [0.1, 0.15) is 19.0 Å². The highest BCUT2D eigenvalue weighted by Gasteiger charge is 2.17. The normalized spacial score (nSPS) is 12.8. The molecule has 0 aliphatic carbocycles. The SMILES string of the molecule is CCC(CSC)N(C)c1nc(CO)co1. The molecule has 1 rings (SSSR count). The Morgan fingerprint density at radius 2 is 2.40 bits per heavy atom. The average Bonchev–Trinajstić information content (AvgIpc) is 2.73. The molecule has 0 aliphatic rings. The summed E-state index contributed by atoms with van der Waals surface area (Å²) in [6.45, 7) is 2.07. The largest absolute Gasteiger partial charge is 0.432 e. The second-order valence-corrected chi connectivity index (χ2v) is 4.32. The Balaban J connectivity index is 2.68. The molecule has 1 aromatic rings. The van der Waals surface area contributed by atoms with Gasteiger partial charge in [0, 0.05) is 18.8 Å². The Labute approximate surface area is 94.7 Å². The third-order valence-corrected chi connectivity index (χ3v) is 3.10. The molecule has 5 heteroatoms. The monoisotopic (exact) mass is 230 g/mol. The van der Waals surface area contributed by atoms with Crippen molar-refractivity contribution in [2.24, 2.45) is 0 Å². The van der Waals surface area contributed by atoms with Gasteiger partial charge >= 0.3 is 0 Å². The number of nitrogens with zero attached hydrogens (tertiary/aromatic N) is 2. The molecule has 0 aromatic carbocycles. The molecule has 0 aliphatic heterocycles. The minimum absolute atomic E-state index is 0.0728. The van der Waals surface area contributed by atoms with Crippen LogP contribution in [0, 0.1) is 0 Å². The molecule has 15 heavy (non-hydrogen) atoms. The van der Waals surface area contributed by atoms with Gasteiger partial charge < -0.3 is 14.4 Å². The first-order valence-corrected chi connectivity index (χ1v) is 6.39. The van der Waals surface area contributed by atoms with Gasteiger partial charge in [0.15, 0.2) is 0 Å². The van der Waals surface area contributed by atoms with Crippen LogP contribution in [0.2, 0.25) is 0 Å². The van der Waals surface area contributed by atoms with Gasteiger partial charge in [-0.1, -0.05) is 6.92 Å². The summed E-state index contributed by atoms with van der Waals surface area (Å²) in [5, 5.41) is 8.89. The van der Waals surface area contributed by atoms with Crippen LogP contribution in [-0.2, 0) is 6.61 Å². The van der Waals surface area contributed by atoms with Crippen LogP contribution < -0.4 is 4.90 Å². The molecule has 1 heterocycles. The van der Waals surface area contributed by atoms with E-state index in [2.05, 4.69) is 18.2 Å². The lowest BCUT2D eigenvalue weighted by Crippen LogP contribution is -2.33. The highest BCUT2D eigenvalue weighted by atomic mass is 32.2. The highest BCUT2D eigenvalue weighted by Crippen LogP contribution is 2.18. The van der Waals surface area contributed by atoms with Crippen molar-refractivity contribution in [1.29, 1.82) is 0 Å². The Morgan fingerprint density at radius 3 is 2.87 bits per heavy atom. The molecule has 0 fully saturated rings. The Hall–Kier alpha value is -0.680. The number of rotatable bonds is 6. The first-order chi connectivity index (χ1) is 7.22. The van der Waals surface area contributed by atoms with Crippen molar-refractivity contribution in [3.8, 4) is 0 Å². The average molecular weight is 230 g/mol. The fourth-order valence-corrected chi connectivity index (χ4v) is 2.23. The summed E-state index contributed by atoms with van der Waals surface area (Å²) in [4.78, 5) is 6.20. The number of aliphatic hydroxyl groups is 1. The molecule has 1 aromatic heterocycles. The van der Waals surface area contributed by atoms with Crippen LogP contribution in [0.25, 0.3) is 0 Å². The van der Waals surface area contributed by atoms with E-state index in [-0.39, 0.29) is 6.61 Å². The van der Waals surface area contributed by atoms with E-state index >= 15 is 0 Å². The maximum absolute atomic E-state index is 8.89. The second kappa shape index (κ2) is 6.02. The predicted octanol–water partition coefficient (Wildman–Crippen LogP) is 1.74. The van der Waals surface area contributed by atoms with Crippen molar-refractivity contribution in [2.45, 2.75) is 26.0 Å². The predicted molar refractivity (Wildman–Crippen MR) is 63.3 cm³/mol. The first kappa shape index (κ1) is 12.4. The smallest absolute Gasteiger partial charge is 0.297 e. The highest BCUT2D eigenvalue weighted by molar-refractivity contribution is 7.98. The van der Waals surface area contributed by atoms with Crippen LogP contribution in [-0.4, -0.2) is 35.2 Å². The lowest BCUT2D eigenvalue weighted by Gasteiger charge is -2.24. The lowest BCUT2D eigenvalue weighted by atomic mass is 10.2. The molecule has 4 nitrogen and oxygen atoms in total. The zero-order valence-corrected chi connectivity index (χ0v) is 10.3. The zero-order chi connectivity index (χ0) is 11.3. The van der Waals surface area contributed by atoms with E-state index in [1.165, 1.54) is 6.26 Å². The fraction of sp³-hybridized carbons (Fsp3) is 0.700. The molecular formula is C10H18N2O2S. The zero-order valence-electron chi connectivity index (χ0n) is 9.43. The summed E-state index contributed by atoms with van der Waals surface area (Å²) in [6.07, 6.45) is 4.64. The Bertz CT molecular complexity index is 291. The Kier molecular flexibility index (Phi) is 4.98. The van der Waals surface area contributed by atoms with E-state index in [4.69, 9.17) is 9.52 Å². The van der Waals surface area contributed by atoms with Gasteiger partial charge in [-0.25, -0.2) is 0 Å². The summed E-state index contributed by atoms with van der Waals surface area (Å²) in [5.41, 5.74) is 0.579. The van der Waals surface area contributed by atoms with Crippen molar-refractivity contribution in [2.75, 3.05) is 24.0 Å². The molecular weight excluding hydrogens is 212 g/mol. The molecule has 0 amide bonds. The van der Waals surface area contributed by atoms with Crippen molar-refractivity contribution in [1.82, 2.24) is 4.98 Å². The molecule has 0 spiro atoms. The van der Waals surface area contributed by atoms with E-state index in [0.29, 0.717) is 17.8 Å².